The Morgan fingerprint density at radius 2 is 2.39 bits per heavy atom. The van der Waals surface area contributed by atoms with Gasteiger partial charge in [-0.1, -0.05) is 0 Å². The lowest BCUT2D eigenvalue weighted by molar-refractivity contribution is 0.453. The fraction of sp³-hybridized carbons (Fsp3) is 0.462. The molecule has 5 heteroatoms. The van der Waals surface area contributed by atoms with Gasteiger partial charge in [0.15, 0.2) is 0 Å². The van der Waals surface area contributed by atoms with Gasteiger partial charge in [0.25, 0.3) is 0 Å². The average molecular weight is 326 g/mol. The molecule has 1 aliphatic heterocycles. The maximum atomic E-state index is 4.51. The lowest BCUT2D eigenvalue weighted by Gasteiger charge is -2.22. The molecule has 1 atom stereocenters. The summed E-state index contributed by atoms with van der Waals surface area (Å²) >= 11 is 5.23. The summed E-state index contributed by atoms with van der Waals surface area (Å²) in [7, 11) is 0. The fourth-order valence-electron chi connectivity index (χ4n) is 2.58. The van der Waals surface area contributed by atoms with E-state index < -0.39 is 0 Å². The summed E-state index contributed by atoms with van der Waals surface area (Å²) in [4.78, 5) is 1.23. The predicted octanol–water partition coefficient (Wildman–Crippen LogP) is 3.68. The van der Waals surface area contributed by atoms with E-state index in [9.17, 15) is 0 Å². The van der Waals surface area contributed by atoms with Crippen molar-refractivity contribution in [3.8, 4) is 10.6 Å². The van der Waals surface area contributed by atoms with Crippen molar-refractivity contribution in [1.82, 2.24) is 15.5 Å². The molecule has 3 rings (SSSR count). The van der Waals surface area contributed by atoms with Crippen LogP contribution in [0.1, 0.15) is 30.0 Å². The summed E-state index contributed by atoms with van der Waals surface area (Å²) in [6.07, 6.45) is 2.51. The first-order chi connectivity index (χ1) is 8.75. The molecule has 1 unspecified atom stereocenters. The van der Waals surface area contributed by atoms with Crippen LogP contribution in [0.2, 0.25) is 0 Å². The van der Waals surface area contributed by atoms with Crippen LogP contribution in [-0.2, 0) is 0 Å². The van der Waals surface area contributed by atoms with E-state index >= 15 is 0 Å². The van der Waals surface area contributed by atoms with Crippen LogP contribution in [-0.4, -0.2) is 23.3 Å². The molecule has 2 N–H and O–H groups in total. The summed E-state index contributed by atoms with van der Waals surface area (Å²) in [5.41, 5.74) is 3.71. The van der Waals surface area contributed by atoms with Crippen molar-refractivity contribution in [2.75, 3.05) is 13.1 Å². The molecule has 2 aromatic rings. The number of hydrogen-bond donors (Lipinski definition) is 2. The third-order valence-electron chi connectivity index (χ3n) is 3.55. The van der Waals surface area contributed by atoms with Crippen molar-refractivity contribution >= 4 is 27.3 Å². The van der Waals surface area contributed by atoms with Crippen molar-refractivity contribution in [2.45, 2.75) is 25.7 Å². The van der Waals surface area contributed by atoms with Gasteiger partial charge in [0, 0.05) is 28.0 Å². The van der Waals surface area contributed by atoms with Gasteiger partial charge < -0.3 is 5.32 Å². The van der Waals surface area contributed by atoms with Gasteiger partial charge in [-0.05, 0) is 53.9 Å². The molecule has 0 bridgehead atoms. The second-order valence-corrected chi connectivity index (χ2v) is 6.61. The molecular formula is C13H16BrN3S. The van der Waals surface area contributed by atoms with Gasteiger partial charge in [-0.2, -0.15) is 5.10 Å². The predicted molar refractivity (Wildman–Crippen MR) is 79.2 cm³/mol. The second-order valence-electron chi connectivity index (χ2n) is 4.78. The third-order valence-corrected chi connectivity index (χ3v) is 5.25. The maximum Gasteiger partial charge on any atom is 0.105 e. The Morgan fingerprint density at radius 1 is 1.50 bits per heavy atom. The molecule has 0 amide bonds. The van der Waals surface area contributed by atoms with Crippen molar-refractivity contribution in [3.05, 3.63) is 27.2 Å². The van der Waals surface area contributed by atoms with Gasteiger partial charge in [-0.15, -0.1) is 11.3 Å². The summed E-state index contributed by atoms with van der Waals surface area (Å²) in [6, 6.07) is 2.14. The van der Waals surface area contributed by atoms with Gasteiger partial charge in [0.1, 0.15) is 5.69 Å². The first-order valence-electron chi connectivity index (χ1n) is 6.25. The van der Waals surface area contributed by atoms with Crippen molar-refractivity contribution in [3.63, 3.8) is 0 Å². The summed E-state index contributed by atoms with van der Waals surface area (Å²) < 4.78 is 1.13. The summed E-state index contributed by atoms with van der Waals surface area (Å²) in [5, 5.41) is 13.3. The summed E-state index contributed by atoms with van der Waals surface area (Å²) in [6.45, 7) is 4.39. The smallest absolute Gasteiger partial charge is 0.105 e. The normalized spacial score (nSPS) is 20.2. The molecule has 0 saturated carbocycles. The number of aromatic amines is 1. The average Bonchev–Trinajstić information content (AvgIpc) is 2.97. The van der Waals surface area contributed by atoms with Crippen molar-refractivity contribution < 1.29 is 0 Å². The quantitative estimate of drug-likeness (QED) is 0.884. The standard InChI is InChI=1S/C13H16BrN3S/c1-8-12(9-3-2-4-15-6-9)16-17-13(8)11-5-10(14)7-18-11/h5,7,9,15H,2-4,6H2,1H3,(H,16,17). The first-order valence-corrected chi connectivity index (χ1v) is 7.93. The molecule has 0 spiro atoms. The van der Waals surface area contributed by atoms with Gasteiger partial charge in [0.05, 0.1) is 4.88 Å². The Hall–Kier alpha value is -0.650. The number of nitrogens with one attached hydrogen (secondary N) is 2. The molecule has 1 fully saturated rings. The van der Waals surface area contributed by atoms with Crippen LogP contribution in [0, 0.1) is 6.92 Å². The molecule has 18 heavy (non-hydrogen) atoms. The molecule has 3 heterocycles. The Bertz CT molecular complexity index is 540. The number of halogens is 1. The molecule has 96 valence electrons. The van der Waals surface area contributed by atoms with Crippen LogP contribution >= 0.6 is 27.3 Å². The van der Waals surface area contributed by atoms with Gasteiger partial charge in [-0.3, -0.25) is 5.10 Å². The molecule has 3 nitrogen and oxygen atoms in total. The Kier molecular flexibility index (Phi) is 3.54. The number of hydrogen-bond acceptors (Lipinski definition) is 3. The van der Waals surface area contributed by atoms with E-state index in [0.717, 1.165) is 23.3 Å². The van der Waals surface area contributed by atoms with Crippen LogP contribution in [0.15, 0.2) is 15.9 Å². The number of H-pyrrole nitrogens is 1. The molecule has 1 aliphatic rings. The van der Waals surface area contributed by atoms with Crippen LogP contribution in [0.4, 0.5) is 0 Å². The number of rotatable bonds is 2. The van der Waals surface area contributed by atoms with E-state index in [1.807, 2.05) is 0 Å². The molecule has 0 aliphatic carbocycles. The highest BCUT2D eigenvalue weighted by atomic mass is 79.9. The topological polar surface area (TPSA) is 40.7 Å². The van der Waals surface area contributed by atoms with E-state index in [4.69, 9.17) is 0 Å². The minimum atomic E-state index is 0.586. The minimum absolute atomic E-state index is 0.586. The van der Waals surface area contributed by atoms with E-state index in [2.05, 4.69) is 49.8 Å². The van der Waals surface area contributed by atoms with Crippen molar-refractivity contribution in [1.29, 1.82) is 0 Å². The fourth-order valence-corrected chi connectivity index (χ4v) is 4.06. The monoisotopic (exact) mass is 325 g/mol. The highest BCUT2D eigenvalue weighted by Gasteiger charge is 2.21. The Balaban J connectivity index is 1.92. The SMILES string of the molecule is Cc1c(-c2cc(Br)cs2)n[nH]c1C1CCCNC1. The highest BCUT2D eigenvalue weighted by molar-refractivity contribution is 9.10. The molecular weight excluding hydrogens is 310 g/mol. The van der Waals surface area contributed by atoms with Gasteiger partial charge >= 0.3 is 0 Å². The minimum Gasteiger partial charge on any atom is -0.316 e. The molecule has 0 radical (unpaired) electrons. The molecule has 1 saturated heterocycles. The lowest BCUT2D eigenvalue weighted by atomic mass is 9.93. The van der Waals surface area contributed by atoms with Crippen LogP contribution in [0.25, 0.3) is 10.6 Å². The van der Waals surface area contributed by atoms with E-state index in [1.54, 1.807) is 11.3 Å². The van der Waals surface area contributed by atoms with Crippen LogP contribution in [0.5, 0.6) is 0 Å². The van der Waals surface area contributed by atoms with Crippen molar-refractivity contribution in [2.24, 2.45) is 0 Å². The van der Waals surface area contributed by atoms with Crippen LogP contribution in [0.3, 0.4) is 0 Å². The zero-order chi connectivity index (χ0) is 12.5. The van der Waals surface area contributed by atoms with Crippen LogP contribution < -0.4 is 5.32 Å². The maximum absolute atomic E-state index is 4.51. The van der Waals surface area contributed by atoms with Gasteiger partial charge in [0.2, 0.25) is 0 Å². The molecule has 0 aromatic carbocycles. The van der Waals surface area contributed by atoms with Gasteiger partial charge in [-0.25, -0.2) is 0 Å². The largest absolute Gasteiger partial charge is 0.316 e. The third kappa shape index (κ3) is 2.27. The second kappa shape index (κ2) is 5.15. The number of aromatic nitrogens is 2. The zero-order valence-corrected chi connectivity index (χ0v) is 12.7. The lowest BCUT2D eigenvalue weighted by Crippen LogP contribution is -2.28. The molecule has 2 aromatic heterocycles. The highest BCUT2D eigenvalue weighted by Crippen LogP contribution is 2.34. The first kappa shape index (κ1) is 12.4. The Labute approximate surface area is 119 Å². The summed E-state index contributed by atoms with van der Waals surface area (Å²) in [5.74, 6) is 0.586. The number of piperidine rings is 1. The van der Waals surface area contributed by atoms with E-state index in [1.165, 1.54) is 29.0 Å². The van der Waals surface area contributed by atoms with E-state index in [-0.39, 0.29) is 0 Å². The zero-order valence-electron chi connectivity index (χ0n) is 10.3. The Morgan fingerprint density at radius 3 is 3.06 bits per heavy atom. The number of thiophene rings is 1. The number of nitrogens with zero attached hydrogens (tertiary/aromatic N) is 1. The van der Waals surface area contributed by atoms with E-state index in [0.29, 0.717) is 5.92 Å².